The van der Waals surface area contributed by atoms with Crippen LogP contribution < -0.4 is 10.1 Å². The number of carbonyl (C=O) groups excluding carboxylic acids is 1. The minimum absolute atomic E-state index is 0.177. The van der Waals surface area contributed by atoms with Gasteiger partial charge in [-0.05, 0) is 47.9 Å². The number of hydrogen-bond acceptors (Lipinski definition) is 4. The van der Waals surface area contributed by atoms with E-state index in [1.807, 2.05) is 43.3 Å². The van der Waals surface area contributed by atoms with Gasteiger partial charge in [0, 0.05) is 12.5 Å². The van der Waals surface area contributed by atoms with E-state index in [2.05, 4.69) is 16.4 Å². The second-order valence-corrected chi connectivity index (χ2v) is 6.76. The van der Waals surface area contributed by atoms with Crippen LogP contribution in [0.3, 0.4) is 0 Å². The van der Waals surface area contributed by atoms with E-state index in [0.717, 1.165) is 40.1 Å². The molecule has 0 radical (unpaired) electrons. The van der Waals surface area contributed by atoms with E-state index in [1.165, 1.54) is 23.0 Å². The van der Waals surface area contributed by atoms with Crippen LogP contribution in [-0.4, -0.2) is 17.5 Å². The van der Waals surface area contributed by atoms with E-state index < -0.39 is 0 Å². The highest BCUT2D eigenvalue weighted by atomic mass is 32.1. The third-order valence-corrected chi connectivity index (χ3v) is 4.93. The van der Waals surface area contributed by atoms with Gasteiger partial charge in [0.1, 0.15) is 5.75 Å². The lowest BCUT2D eigenvalue weighted by Crippen LogP contribution is -2.07. The Morgan fingerprint density at radius 2 is 2.25 bits per heavy atom. The van der Waals surface area contributed by atoms with E-state index in [4.69, 9.17) is 4.74 Å². The molecule has 0 spiro atoms. The van der Waals surface area contributed by atoms with E-state index in [1.54, 1.807) is 0 Å². The maximum absolute atomic E-state index is 12.1. The molecule has 0 aliphatic carbocycles. The molecule has 1 amide bonds. The van der Waals surface area contributed by atoms with Crippen LogP contribution in [0.2, 0.25) is 0 Å². The number of aryl methyl sites for hydroxylation is 1. The fraction of sp³-hybridized carbons (Fsp3) is 0.158. The molecule has 2 heterocycles. The third-order valence-electron chi connectivity index (χ3n) is 3.99. The number of aromatic nitrogens is 1. The Morgan fingerprint density at radius 3 is 3.12 bits per heavy atom. The lowest BCUT2D eigenvalue weighted by atomic mass is 10.1. The van der Waals surface area contributed by atoms with Crippen molar-refractivity contribution in [2.75, 3.05) is 11.9 Å². The highest BCUT2D eigenvalue weighted by Gasteiger charge is 2.11. The summed E-state index contributed by atoms with van der Waals surface area (Å²) >= 11 is 1.48. The molecule has 1 aromatic heterocycles. The molecule has 2 aromatic carbocycles. The van der Waals surface area contributed by atoms with E-state index >= 15 is 0 Å². The fourth-order valence-corrected chi connectivity index (χ4v) is 3.72. The molecule has 4 nitrogen and oxygen atoms in total. The van der Waals surface area contributed by atoms with Crippen molar-refractivity contribution < 1.29 is 9.53 Å². The predicted molar refractivity (Wildman–Crippen MR) is 97.7 cm³/mol. The Bertz CT molecular complexity index is 959. The molecule has 1 aliphatic rings. The fourth-order valence-electron chi connectivity index (χ4n) is 2.77. The van der Waals surface area contributed by atoms with Crippen molar-refractivity contribution in [1.29, 1.82) is 0 Å². The molecule has 0 saturated heterocycles. The molecule has 24 heavy (non-hydrogen) atoms. The van der Waals surface area contributed by atoms with Crippen LogP contribution >= 0.6 is 11.3 Å². The topological polar surface area (TPSA) is 51.2 Å². The number of nitrogens with one attached hydrogen (secondary N) is 1. The number of nitrogens with zero attached hydrogens (tertiary/aromatic N) is 1. The van der Waals surface area contributed by atoms with Crippen LogP contribution in [0.4, 0.5) is 5.13 Å². The zero-order valence-corrected chi connectivity index (χ0v) is 14.0. The second kappa shape index (κ2) is 6.09. The molecular weight excluding hydrogens is 320 g/mol. The maximum atomic E-state index is 12.1. The molecule has 5 heteroatoms. The molecule has 0 fully saturated rings. The normalized spacial score (nSPS) is 13.2. The van der Waals surface area contributed by atoms with Gasteiger partial charge in [0.2, 0.25) is 5.91 Å². The molecule has 4 rings (SSSR count). The van der Waals surface area contributed by atoms with Crippen LogP contribution in [0.5, 0.6) is 5.75 Å². The highest BCUT2D eigenvalue weighted by molar-refractivity contribution is 7.22. The quantitative estimate of drug-likeness (QED) is 0.730. The van der Waals surface area contributed by atoms with Gasteiger partial charge >= 0.3 is 0 Å². The van der Waals surface area contributed by atoms with Gasteiger partial charge in [-0.1, -0.05) is 29.5 Å². The Labute approximate surface area is 143 Å². The number of hydrogen-bond donors (Lipinski definition) is 1. The summed E-state index contributed by atoms with van der Waals surface area (Å²) in [5, 5.41) is 3.46. The zero-order chi connectivity index (χ0) is 16.5. The predicted octanol–water partition coefficient (Wildman–Crippen LogP) is 4.19. The third kappa shape index (κ3) is 2.90. The first-order valence-corrected chi connectivity index (χ1v) is 8.62. The summed E-state index contributed by atoms with van der Waals surface area (Å²) in [6.07, 6.45) is 4.28. The number of para-hydroxylation sites is 1. The number of thiazole rings is 1. The van der Waals surface area contributed by atoms with Crippen molar-refractivity contribution in [2.45, 2.75) is 13.3 Å². The van der Waals surface area contributed by atoms with Crippen LogP contribution in [0.15, 0.2) is 42.5 Å². The monoisotopic (exact) mass is 336 g/mol. The molecule has 0 saturated carbocycles. The van der Waals surface area contributed by atoms with Crippen LogP contribution in [0.1, 0.15) is 16.7 Å². The average molecular weight is 336 g/mol. The van der Waals surface area contributed by atoms with Crippen molar-refractivity contribution in [3.05, 3.63) is 59.2 Å². The minimum atomic E-state index is -0.177. The summed E-state index contributed by atoms with van der Waals surface area (Å²) in [5.41, 5.74) is 4.24. The van der Waals surface area contributed by atoms with Gasteiger partial charge in [-0.3, -0.25) is 10.1 Å². The van der Waals surface area contributed by atoms with Crippen LogP contribution in [-0.2, 0) is 11.2 Å². The summed E-state index contributed by atoms with van der Waals surface area (Å²) in [7, 11) is 0. The van der Waals surface area contributed by atoms with E-state index in [9.17, 15) is 4.79 Å². The van der Waals surface area contributed by atoms with Gasteiger partial charge in [-0.25, -0.2) is 4.98 Å². The van der Waals surface area contributed by atoms with Crippen LogP contribution in [0.25, 0.3) is 16.3 Å². The lowest BCUT2D eigenvalue weighted by Gasteiger charge is -2.00. The first-order valence-electron chi connectivity index (χ1n) is 7.80. The van der Waals surface area contributed by atoms with Gasteiger partial charge in [0.05, 0.1) is 16.8 Å². The van der Waals surface area contributed by atoms with Crippen molar-refractivity contribution in [3.8, 4) is 5.75 Å². The molecular formula is C19H16N2O2S. The number of carbonyl (C=O) groups is 1. The van der Waals surface area contributed by atoms with Gasteiger partial charge in [0.25, 0.3) is 0 Å². The second-order valence-electron chi connectivity index (χ2n) is 5.73. The first kappa shape index (κ1) is 14.9. The standard InChI is InChI=1S/C19H16N2O2S/c1-12-3-2-4-16-18(12)21-19(24-16)20-17(22)8-6-13-5-7-15-14(11-13)9-10-23-15/h2-8,11H,9-10H2,1H3,(H,20,21,22)/b8-6+. The van der Waals surface area contributed by atoms with Crippen molar-refractivity contribution in [2.24, 2.45) is 0 Å². The Kier molecular flexibility index (Phi) is 3.78. The molecule has 0 bridgehead atoms. The number of benzene rings is 2. The summed E-state index contributed by atoms with van der Waals surface area (Å²) in [6.45, 7) is 2.76. The van der Waals surface area contributed by atoms with Crippen LogP contribution in [0, 0.1) is 6.92 Å². The number of fused-ring (bicyclic) bond motifs is 2. The van der Waals surface area contributed by atoms with Crippen molar-refractivity contribution in [3.63, 3.8) is 0 Å². The van der Waals surface area contributed by atoms with Gasteiger partial charge < -0.3 is 4.74 Å². The summed E-state index contributed by atoms with van der Waals surface area (Å²) in [6, 6.07) is 12.0. The van der Waals surface area contributed by atoms with Gasteiger partial charge in [0.15, 0.2) is 5.13 Å². The summed E-state index contributed by atoms with van der Waals surface area (Å²) < 4.78 is 6.56. The Morgan fingerprint density at radius 1 is 1.33 bits per heavy atom. The minimum Gasteiger partial charge on any atom is -0.493 e. The molecule has 0 unspecified atom stereocenters. The Hall–Kier alpha value is -2.66. The van der Waals surface area contributed by atoms with Gasteiger partial charge in [-0.2, -0.15) is 0 Å². The average Bonchev–Trinajstić information content (AvgIpc) is 3.19. The van der Waals surface area contributed by atoms with Gasteiger partial charge in [-0.15, -0.1) is 0 Å². The largest absolute Gasteiger partial charge is 0.493 e. The maximum Gasteiger partial charge on any atom is 0.250 e. The highest BCUT2D eigenvalue weighted by Crippen LogP contribution is 2.28. The number of amides is 1. The smallest absolute Gasteiger partial charge is 0.250 e. The summed E-state index contributed by atoms with van der Waals surface area (Å²) in [4.78, 5) is 16.6. The van der Waals surface area contributed by atoms with E-state index in [-0.39, 0.29) is 5.91 Å². The first-order chi connectivity index (χ1) is 11.7. The lowest BCUT2D eigenvalue weighted by molar-refractivity contribution is -0.111. The molecule has 1 aliphatic heterocycles. The molecule has 0 atom stereocenters. The Balaban J connectivity index is 1.48. The van der Waals surface area contributed by atoms with Crippen molar-refractivity contribution >= 4 is 38.7 Å². The van der Waals surface area contributed by atoms with E-state index in [0.29, 0.717) is 5.13 Å². The molecule has 1 N–H and O–H groups in total. The number of ether oxygens (including phenoxy) is 1. The number of anilines is 1. The molecule has 3 aromatic rings. The number of rotatable bonds is 3. The summed E-state index contributed by atoms with van der Waals surface area (Å²) in [5.74, 6) is 0.768. The SMILES string of the molecule is Cc1cccc2sc(NC(=O)/C=C/c3ccc4c(c3)CCO4)nc12. The van der Waals surface area contributed by atoms with Crippen molar-refractivity contribution in [1.82, 2.24) is 4.98 Å². The zero-order valence-electron chi connectivity index (χ0n) is 13.2. The molecule has 120 valence electrons.